The molecule has 4 nitrogen and oxygen atoms in total. The highest BCUT2D eigenvalue weighted by molar-refractivity contribution is 4.47. The molecule has 0 N–H and O–H groups in total. The van der Waals surface area contributed by atoms with Gasteiger partial charge in [0, 0.05) is 26.4 Å². The van der Waals surface area contributed by atoms with Crippen LogP contribution in [-0.4, -0.2) is 51.8 Å². The van der Waals surface area contributed by atoms with Crippen molar-refractivity contribution in [3.8, 4) is 0 Å². The molecule has 0 rings (SSSR count). The highest BCUT2D eigenvalue weighted by Gasteiger charge is 2.01. The molecule has 0 spiro atoms. The van der Waals surface area contributed by atoms with Gasteiger partial charge in [-0.15, -0.1) is 0 Å². The zero-order valence-corrected chi connectivity index (χ0v) is 17.3. The lowest BCUT2D eigenvalue weighted by Gasteiger charge is -2.12. The number of hydrogen-bond acceptors (Lipinski definition) is 4. The quantitative estimate of drug-likeness (QED) is 0.358. The molecule has 148 valence electrons. The minimum Gasteiger partial charge on any atom is -0.379 e. The monoisotopic (exact) mass is 348 g/mol. The van der Waals surface area contributed by atoms with E-state index in [0.717, 1.165) is 65.3 Å². The maximum atomic E-state index is 5.54. The van der Waals surface area contributed by atoms with E-state index >= 15 is 0 Å². The van der Waals surface area contributed by atoms with E-state index in [9.17, 15) is 0 Å². The van der Waals surface area contributed by atoms with Crippen molar-refractivity contribution in [2.75, 3.05) is 39.6 Å². The predicted molar refractivity (Wildman–Crippen MR) is 103 cm³/mol. The van der Waals surface area contributed by atoms with Crippen LogP contribution < -0.4 is 0 Å². The molecule has 0 aliphatic rings. The Morgan fingerprint density at radius 3 is 1.50 bits per heavy atom. The highest BCUT2D eigenvalue weighted by atomic mass is 16.5. The molecule has 0 aromatic heterocycles. The Bertz CT molecular complexity index is 212. The average molecular weight is 349 g/mol. The van der Waals surface area contributed by atoms with Crippen molar-refractivity contribution < 1.29 is 18.9 Å². The molecule has 0 radical (unpaired) electrons. The van der Waals surface area contributed by atoms with Crippen LogP contribution in [0.4, 0.5) is 0 Å². The summed E-state index contributed by atoms with van der Waals surface area (Å²) in [6, 6.07) is 0. The molecule has 0 amide bonds. The maximum Gasteiger partial charge on any atom is 0.0780 e. The van der Waals surface area contributed by atoms with Gasteiger partial charge in [0.2, 0.25) is 0 Å². The Morgan fingerprint density at radius 2 is 1.00 bits per heavy atom. The van der Waals surface area contributed by atoms with E-state index in [4.69, 9.17) is 18.9 Å². The normalized spacial score (nSPS) is 13.2. The van der Waals surface area contributed by atoms with Gasteiger partial charge in [-0.3, -0.25) is 0 Å². The second kappa shape index (κ2) is 22.8. The molecule has 4 heteroatoms. The second-order valence-corrected chi connectivity index (χ2v) is 6.22. The van der Waals surface area contributed by atoms with Gasteiger partial charge in [0.1, 0.15) is 0 Å². The molecule has 0 aliphatic heterocycles. The third-order valence-electron chi connectivity index (χ3n) is 3.20. The van der Waals surface area contributed by atoms with Gasteiger partial charge in [-0.1, -0.05) is 40.5 Å². The van der Waals surface area contributed by atoms with Crippen LogP contribution in [0.3, 0.4) is 0 Å². The van der Waals surface area contributed by atoms with Crippen molar-refractivity contribution in [1.29, 1.82) is 0 Å². The summed E-state index contributed by atoms with van der Waals surface area (Å²) in [5, 5.41) is 0. The van der Waals surface area contributed by atoms with E-state index < -0.39 is 0 Å². The van der Waals surface area contributed by atoms with E-state index in [2.05, 4.69) is 34.6 Å². The highest BCUT2D eigenvalue weighted by Crippen LogP contribution is 1.97. The largest absolute Gasteiger partial charge is 0.379 e. The third-order valence-corrected chi connectivity index (χ3v) is 3.20. The van der Waals surface area contributed by atoms with E-state index in [1.165, 1.54) is 12.8 Å². The molecule has 0 aromatic carbocycles. The molecule has 0 aliphatic carbocycles. The molecule has 0 fully saturated rings. The van der Waals surface area contributed by atoms with Crippen LogP contribution in [0.25, 0.3) is 0 Å². The van der Waals surface area contributed by atoms with Crippen LogP contribution in [0.15, 0.2) is 0 Å². The van der Waals surface area contributed by atoms with Crippen molar-refractivity contribution in [3.05, 3.63) is 0 Å². The van der Waals surface area contributed by atoms with Crippen LogP contribution in [0.5, 0.6) is 0 Å². The summed E-state index contributed by atoms with van der Waals surface area (Å²) in [4.78, 5) is 0. The maximum absolute atomic E-state index is 5.54. The third kappa shape index (κ3) is 24.1. The van der Waals surface area contributed by atoms with Crippen molar-refractivity contribution in [2.24, 2.45) is 0 Å². The number of rotatable bonds is 16. The van der Waals surface area contributed by atoms with E-state index in [-0.39, 0.29) is 12.2 Å². The molecular formula is C20H44O4. The zero-order chi connectivity index (χ0) is 18.5. The van der Waals surface area contributed by atoms with Crippen LogP contribution in [0, 0.1) is 0 Å². The summed E-state index contributed by atoms with van der Waals surface area (Å²) in [6.07, 6.45) is 7.37. The lowest BCUT2D eigenvalue weighted by atomic mass is 10.3. The molecule has 24 heavy (non-hydrogen) atoms. The lowest BCUT2D eigenvalue weighted by molar-refractivity contribution is -0.00806. The summed E-state index contributed by atoms with van der Waals surface area (Å²) in [5.41, 5.74) is 0. The van der Waals surface area contributed by atoms with Crippen molar-refractivity contribution in [3.63, 3.8) is 0 Å². The summed E-state index contributed by atoms with van der Waals surface area (Å²) in [7, 11) is 0. The lowest BCUT2D eigenvalue weighted by Crippen LogP contribution is -2.17. The molecule has 0 heterocycles. The van der Waals surface area contributed by atoms with Crippen molar-refractivity contribution in [2.45, 2.75) is 92.3 Å². The fourth-order valence-corrected chi connectivity index (χ4v) is 1.73. The molecule has 0 saturated heterocycles. The van der Waals surface area contributed by atoms with E-state index in [0.29, 0.717) is 0 Å². The van der Waals surface area contributed by atoms with E-state index in [1.807, 2.05) is 6.92 Å². The molecule has 0 bridgehead atoms. The molecule has 2 unspecified atom stereocenters. The van der Waals surface area contributed by atoms with Gasteiger partial charge < -0.3 is 18.9 Å². The van der Waals surface area contributed by atoms with Crippen LogP contribution in [0.2, 0.25) is 0 Å². The fraction of sp³-hybridized carbons (Fsp3) is 1.00. The minimum absolute atomic E-state index is 0.251. The Labute approximate surface area is 151 Å². The van der Waals surface area contributed by atoms with Gasteiger partial charge in [-0.2, -0.15) is 0 Å². The second-order valence-electron chi connectivity index (χ2n) is 6.22. The Balaban J connectivity index is 0. The Kier molecular flexibility index (Phi) is 24.8. The van der Waals surface area contributed by atoms with Crippen LogP contribution >= 0.6 is 0 Å². The van der Waals surface area contributed by atoms with Crippen LogP contribution in [-0.2, 0) is 18.9 Å². The number of hydrogen-bond donors (Lipinski definition) is 0. The standard InChI is InChI=1S/C11H24O2.C9H20O2/c1-4-6-8-12-10-11(3)13-9-7-5-2;1-4-6-10-8-9(3)11-7-5-2/h11H,4-10H2,1-3H3;9H,4-8H2,1-3H3. The SMILES string of the molecule is CCCCOCC(C)OCCCC.CCCOCC(C)OCCC. The topological polar surface area (TPSA) is 36.9 Å². The van der Waals surface area contributed by atoms with Gasteiger partial charge in [0.15, 0.2) is 0 Å². The number of unbranched alkanes of at least 4 members (excludes halogenated alkanes) is 2. The van der Waals surface area contributed by atoms with Crippen molar-refractivity contribution >= 4 is 0 Å². The van der Waals surface area contributed by atoms with Gasteiger partial charge in [0.25, 0.3) is 0 Å². The first kappa shape index (κ1) is 26.1. The summed E-state index contributed by atoms with van der Waals surface area (Å²) in [5.74, 6) is 0. The number of ether oxygens (including phenoxy) is 4. The summed E-state index contributed by atoms with van der Waals surface area (Å²) in [6.45, 7) is 17.6. The first-order chi connectivity index (χ1) is 11.6. The van der Waals surface area contributed by atoms with Gasteiger partial charge in [-0.05, 0) is 39.5 Å². The molecular weight excluding hydrogens is 304 g/mol. The molecule has 0 aromatic rings. The molecule has 2 atom stereocenters. The smallest absolute Gasteiger partial charge is 0.0780 e. The first-order valence-electron chi connectivity index (χ1n) is 10.0. The average Bonchev–Trinajstić information content (AvgIpc) is 2.58. The Morgan fingerprint density at radius 1 is 0.542 bits per heavy atom. The summed E-state index contributed by atoms with van der Waals surface area (Å²) >= 11 is 0. The fourth-order valence-electron chi connectivity index (χ4n) is 1.73. The van der Waals surface area contributed by atoms with Crippen LogP contribution in [0.1, 0.15) is 80.1 Å². The van der Waals surface area contributed by atoms with Gasteiger partial charge in [-0.25, -0.2) is 0 Å². The Hall–Kier alpha value is -0.160. The van der Waals surface area contributed by atoms with Crippen molar-refractivity contribution in [1.82, 2.24) is 0 Å². The van der Waals surface area contributed by atoms with Gasteiger partial charge >= 0.3 is 0 Å². The first-order valence-corrected chi connectivity index (χ1v) is 10.0. The zero-order valence-electron chi connectivity index (χ0n) is 17.3. The summed E-state index contributed by atoms with van der Waals surface area (Å²) < 4.78 is 21.7. The molecule has 0 saturated carbocycles. The predicted octanol–water partition coefficient (Wildman–Crippen LogP) is 5.24. The minimum atomic E-state index is 0.251. The van der Waals surface area contributed by atoms with Gasteiger partial charge in [0.05, 0.1) is 25.4 Å². The van der Waals surface area contributed by atoms with E-state index in [1.54, 1.807) is 0 Å².